The number of aryl methyl sites for hydroxylation is 1. The second-order valence-corrected chi connectivity index (χ2v) is 6.55. The summed E-state index contributed by atoms with van der Waals surface area (Å²) in [6.45, 7) is 2.56. The molecule has 5 heteroatoms. The van der Waals surface area contributed by atoms with Gasteiger partial charge in [0.15, 0.2) is 0 Å². The Kier molecular flexibility index (Phi) is 5.11. The van der Waals surface area contributed by atoms with Crippen molar-refractivity contribution in [3.05, 3.63) is 82.0 Å². The average Bonchev–Trinajstić information content (AvgIpc) is 2.97. The topological polar surface area (TPSA) is 71.8 Å². The fraction of sp³-hybridized carbons (Fsp3) is 0.143. The molecule has 130 valence electrons. The van der Waals surface area contributed by atoms with Gasteiger partial charge in [0.1, 0.15) is 0 Å². The monoisotopic (exact) mass is 363 g/mol. The lowest BCUT2D eigenvalue weighted by atomic mass is 10.1. The molecule has 0 aliphatic rings. The SMILES string of the molecule is Cc1c(C(N)=O)cc(-c2cccc(C#N)c2)n1CCc1cccc(Cl)c1. The number of carbonyl (C=O) groups is 1. The quantitative estimate of drug-likeness (QED) is 0.732. The Morgan fingerprint density at radius 3 is 2.65 bits per heavy atom. The van der Waals surface area contributed by atoms with Crippen LogP contribution in [0.4, 0.5) is 0 Å². The van der Waals surface area contributed by atoms with Crippen LogP contribution in [0, 0.1) is 18.3 Å². The number of primary amides is 1. The van der Waals surface area contributed by atoms with Gasteiger partial charge in [-0.1, -0.05) is 35.9 Å². The molecule has 1 heterocycles. The van der Waals surface area contributed by atoms with Crippen LogP contribution in [-0.2, 0) is 13.0 Å². The molecule has 0 bridgehead atoms. The van der Waals surface area contributed by atoms with E-state index in [1.165, 1.54) is 0 Å². The van der Waals surface area contributed by atoms with Gasteiger partial charge in [-0.15, -0.1) is 0 Å². The summed E-state index contributed by atoms with van der Waals surface area (Å²) >= 11 is 6.07. The van der Waals surface area contributed by atoms with Crippen molar-refractivity contribution < 1.29 is 4.79 Å². The van der Waals surface area contributed by atoms with Crippen LogP contribution in [0.3, 0.4) is 0 Å². The summed E-state index contributed by atoms with van der Waals surface area (Å²) in [5.41, 5.74) is 10.3. The molecule has 3 rings (SSSR count). The molecule has 2 aromatic carbocycles. The molecule has 0 aliphatic heterocycles. The molecule has 0 unspecified atom stereocenters. The fourth-order valence-electron chi connectivity index (χ4n) is 3.10. The van der Waals surface area contributed by atoms with Crippen molar-refractivity contribution in [2.45, 2.75) is 19.9 Å². The van der Waals surface area contributed by atoms with Gasteiger partial charge in [0.2, 0.25) is 0 Å². The van der Waals surface area contributed by atoms with Crippen molar-refractivity contribution in [3.63, 3.8) is 0 Å². The van der Waals surface area contributed by atoms with Crippen LogP contribution in [-0.4, -0.2) is 10.5 Å². The van der Waals surface area contributed by atoms with E-state index in [4.69, 9.17) is 22.6 Å². The zero-order chi connectivity index (χ0) is 18.7. The molecule has 1 amide bonds. The number of carbonyl (C=O) groups excluding carboxylic acids is 1. The van der Waals surface area contributed by atoms with Crippen LogP contribution in [0.15, 0.2) is 54.6 Å². The van der Waals surface area contributed by atoms with Crippen LogP contribution in [0.5, 0.6) is 0 Å². The average molecular weight is 364 g/mol. The molecule has 0 aliphatic carbocycles. The Morgan fingerprint density at radius 2 is 1.96 bits per heavy atom. The molecule has 0 radical (unpaired) electrons. The smallest absolute Gasteiger partial charge is 0.250 e. The standard InChI is InChI=1S/C21H18ClN3O/c1-14-19(21(24)26)12-20(17-6-2-5-16(10-17)13-23)25(14)9-8-15-4-3-7-18(22)11-15/h2-7,10-12H,8-9H2,1H3,(H2,24,26). The second kappa shape index (κ2) is 7.47. The third kappa shape index (κ3) is 3.63. The van der Waals surface area contributed by atoms with E-state index in [9.17, 15) is 4.79 Å². The summed E-state index contributed by atoms with van der Waals surface area (Å²) in [4.78, 5) is 11.8. The maximum absolute atomic E-state index is 11.8. The summed E-state index contributed by atoms with van der Waals surface area (Å²) in [5.74, 6) is -0.457. The van der Waals surface area contributed by atoms with Crippen molar-refractivity contribution in [1.29, 1.82) is 5.26 Å². The van der Waals surface area contributed by atoms with E-state index in [1.807, 2.05) is 49.4 Å². The molecular formula is C21H18ClN3O. The van der Waals surface area contributed by atoms with Crippen LogP contribution in [0.25, 0.3) is 11.3 Å². The summed E-state index contributed by atoms with van der Waals surface area (Å²) in [6.07, 6.45) is 0.763. The van der Waals surface area contributed by atoms with Gasteiger partial charge < -0.3 is 10.3 Å². The molecule has 0 spiro atoms. The lowest BCUT2D eigenvalue weighted by Crippen LogP contribution is -2.13. The molecule has 2 N–H and O–H groups in total. The lowest BCUT2D eigenvalue weighted by molar-refractivity contribution is 0.0999. The second-order valence-electron chi connectivity index (χ2n) is 6.12. The predicted octanol–water partition coefficient (Wildman–Crippen LogP) is 4.33. The first-order valence-electron chi connectivity index (χ1n) is 8.24. The third-order valence-corrected chi connectivity index (χ3v) is 4.67. The van der Waals surface area contributed by atoms with Crippen molar-refractivity contribution in [2.24, 2.45) is 5.73 Å². The summed E-state index contributed by atoms with van der Waals surface area (Å²) in [5, 5.41) is 9.86. The minimum absolute atomic E-state index is 0.457. The summed E-state index contributed by atoms with van der Waals surface area (Å²) in [7, 11) is 0. The number of benzene rings is 2. The Hall–Kier alpha value is -3.03. The van der Waals surface area contributed by atoms with E-state index in [0.29, 0.717) is 22.7 Å². The van der Waals surface area contributed by atoms with Gasteiger partial charge in [-0.05, 0) is 54.8 Å². The lowest BCUT2D eigenvalue weighted by Gasteiger charge is -2.13. The van der Waals surface area contributed by atoms with Crippen molar-refractivity contribution in [3.8, 4) is 17.3 Å². The van der Waals surface area contributed by atoms with Gasteiger partial charge in [-0.3, -0.25) is 4.79 Å². The van der Waals surface area contributed by atoms with E-state index >= 15 is 0 Å². The number of amides is 1. The van der Waals surface area contributed by atoms with E-state index in [0.717, 1.165) is 28.9 Å². The Balaban J connectivity index is 2.02. The molecule has 0 fully saturated rings. The first kappa shape index (κ1) is 17.8. The van der Waals surface area contributed by atoms with Crippen LogP contribution in [0.1, 0.15) is 27.2 Å². The van der Waals surface area contributed by atoms with Gasteiger partial charge in [-0.25, -0.2) is 0 Å². The zero-order valence-corrected chi connectivity index (χ0v) is 15.1. The van der Waals surface area contributed by atoms with Crippen LogP contribution in [0.2, 0.25) is 5.02 Å². The van der Waals surface area contributed by atoms with Gasteiger partial charge in [0.05, 0.1) is 17.2 Å². The maximum atomic E-state index is 11.8. The highest BCUT2D eigenvalue weighted by Gasteiger charge is 2.17. The first-order valence-corrected chi connectivity index (χ1v) is 8.62. The molecule has 4 nitrogen and oxygen atoms in total. The molecule has 26 heavy (non-hydrogen) atoms. The molecule has 3 aromatic rings. The molecule has 0 saturated carbocycles. The highest BCUT2D eigenvalue weighted by molar-refractivity contribution is 6.30. The van der Waals surface area contributed by atoms with E-state index < -0.39 is 5.91 Å². The number of nitrogens with zero attached hydrogens (tertiary/aromatic N) is 2. The molecule has 0 atom stereocenters. The highest BCUT2D eigenvalue weighted by atomic mass is 35.5. The first-order chi connectivity index (χ1) is 12.5. The van der Waals surface area contributed by atoms with Crippen molar-refractivity contribution in [1.82, 2.24) is 4.57 Å². The number of nitriles is 1. The molecular weight excluding hydrogens is 346 g/mol. The maximum Gasteiger partial charge on any atom is 0.250 e. The van der Waals surface area contributed by atoms with Gasteiger partial charge in [-0.2, -0.15) is 5.26 Å². The van der Waals surface area contributed by atoms with E-state index in [-0.39, 0.29) is 0 Å². The van der Waals surface area contributed by atoms with Gasteiger partial charge >= 0.3 is 0 Å². The Labute approximate surface area is 157 Å². The normalized spacial score (nSPS) is 10.5. The predicted molar refractivity (Wildman–Crippen MR) is 103 cm³/mol. The van der Waals surface area contributed by atoms with Crippen molar-refractivity contribution in [2.75, 3.05) is 0 Å². The third-order valence-electron chi connectivity index (χ3n) is 4.43. The number of nitrogens with two attached hydrogens (primary N) is 1. The number of hydrogen-bond acceptors (Lipinski definition) is 2. The molecule has 0 saturated heterocycles. The summed E-state index contributed by atoms with van der Waals surface area (Å²) in [6, 6.07) is 19.0. The largest absolute Gasteiger partial charge is 0.366 e. The van der Waals surface area contributed by atoms with Gasteiger partial charge in [0, 0.05) is 23.0 Å². The Bertz CT molecular complexity index is 1010. The van der Waals surface area contributed by atoms with Crippen molar-refractivity contribution >= 4 is 17.5 Å². The minimum atomic E-state index is -0.457. The van der Waals surface area contributed by atoms with E-state index in [2.05, 4.69) is 10.6 Å². The highest BCUT2D eigenvalue weighted by Crippen LogP contribution is 2.27. The van der Waals surface area contributed by atoms with Crippen LogP contribution < -0.4 is 5.73 Å². The number of hydrogen-bond donors (Lipinski definition) is 1. The summed E-state index contributed by atoms with van der Waals surface area (Å²) < 4.78 is 2.07. The Morgan fingerprint density at radius 1 is 1.19 bits per heavy atom. The van der Waals surface area contributed by atoms with Crippen LogP contribution >= 0.6 is 11.6 Å². The minimum Gasteiger partial charge on any atom is -0.366 e. The fourth-order valence-corrected chi connectivity index (χ4v) is 3.32. The zero-order valence-electron chi connectivity index (χ0n) is 14.4. The number of rotatable bonds is 5. The molecule has 1 aromatic heterocycles. The number of halogens is 1. The number of aromatic nitrogens is 1. The van der Waals surface area contributed by atoms with Gasteiger partial charge in [0.25, 0.3) is 5.91 Å². The van der Waals surface area contributed by atoms with E-state index in [1.54, 1.807) is 12.1 Å².